The van der Waals surface area contributed by atoms with E-state index in [-0.39, 0.29) is 11.5 Å². The van der Waals surface area contributed by atoms with Crippen LogP contribution in [0.4, 0.5) is 0 Å². The van der Waals surface area contributed by atoms with E-state index in [4.69, 9.17) is 5.11 Å². The van der Waals surface area contributed by atoms with E-state index >= 15 is 0 Å². The largest absolute Gasteiger partial charge is 0.478 e. The van der Waals surface area contributed by atoms with E-state index in [1.807, 2.05) is 18.7 Å². The Labute approximate surface area is 119 Å². The van der Waals surface area contributed by atoms with Gasteiger partial charge in [0.1, 0.15) is 0 Å². The fourth-order valence-electron chi connectivity index (χ4n) is 2.98. The van der Waals surface area contributed by atoms with Crippen LogP contribution in [-0.4, -0.2) is 34.5 Å². The summed E-state index contributed by atoms with van der Waals surface area (Å²) >= 11 is 0. The lowest BCUT2D eigenvalue weighted by Gasteiger charge is -2.28. The van der Waals surface area contributed by atoms with E-state index in [1.54, 1.807) is 12.1 Å². The molecule has 0 heterocycles. The second kappa shape index (κ2) is 6.07. The first kappa shape index (κ1) is 14.6. The second-order valence-electron chi connectivity index (χ2n) is 5.42. The number of hydrogen-bond donors (Lipinski definition) is 1. The summed E-state index contributed by atoms with van der Waals surface area (Å²) in [6.07, 6.45) is 4.44. The van der Waals surface area contributed by atoms with Gasteiger partial charge in [0.2, 0.25) is 0 Å². The highest BCUT2D eigenvalue weighted by molar-refractivity contribution is 5.98. The molecule has 1 aromatic rings. The molecule has 1 fully saturated rings. The molecule has 0 radical (unpaired) electrons. The monoisotopic (exact) mass is 275 g/mol. The lowest BCUT2D eigenvalue weighted by Crippen LogP contribution is -2.38. The van der Waals surface area contributed by atoms with Crippen LogP contribution < -0.4 is 0 Å². The van der Waals surface area contributed by atoms with Crippen LogP contribution in [0.25, 0.3) is 0 Å². The number of aromatic carboxylic acids is 1. The van der Waals surface area contributed by atoms with Gasteiger partial charge in [-0.1, -0.05) is 12.8 Å². The molecule has 1 amide bonds. The van der Waals surface area contributed by atoms with Gasteiger partial charge >= 0.3 is 5.97 Å². The lowest BCUT2D eigenvalue weighted by atomic mass is 10.0. The van der Waals surface area contributed by atoms with Crippen LogP contribution in [0.1, 0.15) is 58.9 Å². The maximum absolute atomic E-state index is 12.6. The van der Waals surface area contributed by atoms with Crippen molar-refractivity contribution < 1.29 is 14.7 Å². The van der Waals surface area contributed by atoms with Crippen LogP contribution >= 0.6 is 0 Å². The molecule has 1 aliphatic rings. The van der Waals surface area contributed by atoms with Crippen LogP contribution in [0.5, 0.6) is 0 Å². The van der Waals surface area contributed by atoms with Crippen molar-refractivity contribution in [3.05, 3.63) is 34.9 Å². The predicted octanol–water partition coefficient (Wildman–Crippen LogP) is 3.10. The van der Waals surface area contributed by atoms with Crippen LogP contribution in [0.3, 0.4) is 0 Å². The standard InChI is InChI=1S/C16H21NO3/c1-3-17(14-6-4-5-7-14)15(18)12-8-11(2)9-13(10-12)16(19)20/h8-10,14H,3-7H2,1-2H3,(H,19,20). The van der Waals surface area contributed by atoms with Gasteiger partial charge in [-0.2, -0.15) is 0 Å². The van der Waals surface area contributed by atoms with Crippen LogP contribution in [0.2, 0.25) is 0 Å². The van der Waals surface area contributed by atoms with Crippen molar-refractivity contribution in [1.29, 1.82) is 0 Å². The van der Waals surface area contributed by atoms with Crippen molar-refractivity contribution in [2.24, 2.45) is 0 Å². The Bertz CT molecular complexity index is 518. The number of carboxylic acid groups (broad SMARTS) is 1. The highest BCUT2D eigenvalue weighted by Crippen LogP contribution is 2.25. The van der Waals surface area contributed by atoms with E-state index in [2.05, 4.69) is 0 Å². The summed E-state index contributed by atoms with van der Waals surface area (Å²) in [6, 6.07) is 5.15. The van der Waals surface area contributed by atoms with Crippen LogP contribution in [0, 0.1) is 6.92 Å². The number of rotatable bonds is 4. The third-order valence-electron chi connectivity index (χ3n) is 3.94. The van der Waals surface area contributed by atoms with E-state index in [9.17, 15) is 9.59 Å². The van der Waals surface area contributed by atoms with Gasteiger partial charge in [-0.15, -0.1) is 0 Å². The molecule has 0 saturated heterocycles. The van der Waals surface area contributed by atoms with Crippen LogP contribution in [0.15, 0.2) is 18.2 Å². The molecule has 4 nitrogen and oxygen atoms in total. The maximum atomic E-state index is 12.6. The highest BCUT2D eigenvalue weighted by Gasteiger charge is 2.26. The average Bonchev–Trinajstić information content (AvgIpc) is 2.92. The molecule has 1 aromatic carbocycles. The Kier molecular flexibility index (Phi) is 4.42. The lowest BCUT2D eigenvalue weighted by molar-refractivity contribution is 0.0693. The summed E-state index contributed by atoms with van der Waals surface area (Å²) in [6.45, 7) is 4.46. The number of benzene rings is 1. The molecule has 108 valence electrons. The van der Waals surface area contributed by atoms with E-state index in [0.717, 1.165) is 18.4 Å². The van der Waals surface area contributed by atoms with Crippen molar-refractivity contribution in [2.75, 3.05) is 6.54 Å². The molecule has 0 aliphatic heterocycles. The van der Waals surface area contributed by atoms with E-state index in [0.29, 0.717) is 18.2 Å². The minimum Gasteiger partial charge on any atom is -0.478 e. The number of carboxylic acids is 1. The number of amides is 1. The molecule has 0 unspecified atom stereocenters. The molecule has 0 spiro atoms. The molecule has 0 aromatic heterocycles. The Balaban J connectivity index is 2.29. The average molecular weight is 275 g/mol. The molecule has 4 heteroatoms. The van der Waals surface area contributed by atoms with Gasteiger partial charge in [-0.25, -0.2) is 4.79 Å². The topological polar surface area (TPSA) is 57.6 Å². The van der Waals surface area contributed by atoms with E-state index in [1.165, 1.54) is 18.9 Å². The minimum atomic E-state index is -0.994. The fourth-order valence-corrected chi connectivity index (χ4v) is 2.98. The summed E-state index contributed by atoms with van der Waals surface area (Å²) < 4.78 is 0. The predicted molar refractivity (Wildman–Crippen MR) is 77.1 cm³/mol. The van der Waals surface area contributed by atoms with Crippen molar-refractivity contribution in [2.45, 2.75) is 45.6 Å². The fraction of sp³-hybridized carbons (Fsp3) is 0.500. The number of carbonyl (C=O) groups excluding carboxylic acids is 1. The summed E-state index contributed by atoms with van der Waals surface area (Å²) in [7, 11) is 0. The van der Waals surface area contributed by atoms with Gasteiger partial charge in [0.15, 0.2) is 0 Å². The molecule has 20 heavy (non-hydrogen) atoms. The molecule has 0 atom stereocenters. The Hall–Kier alpha value is -1.84. The van der Waals surface area contributed by atoms with Gasteiger partial charge in [-0.05, 0) is 50.5 Å². The zero-order valence-corrected chi connectivity index (χ0v) is 12.1. The first-order valence-electron chi connectivity index (χ1n) is 7.19. The number of hydrogen-bond acceptors (Lipinski definition) is 2. The van der Waals surface area contributed by atoms with Crippen LogP contribution in [-0.2, 0) is 0 Å². The molecule has 2 rings (SSSR count). The van der Waals surface area contributed by atoms with Gasteiger partial charge in [0, 0.05) is 18.2 Å². The van der Waals surface area contributed by atoms with Crippen molar-refractivity contribution in [1.82, 2.24) is 4.90 Å². The van der Waals surface area contributed by atoms with Crippen molar-refractivity contribution in [3.63, 3.8) is 0 Å². The zero-order valence-electron chi connectivity index (χ0n) is 12.1. The summed E-state index contributed by atoms with van der Waals surface area (Å²) in [4.78, 5) is 25.6. The Morgan fingerprint density at radius 1 is 1.20 bits per heavy atom. The second-order valence-corrected chi connectivity index (χ2v) is 5.42. The SMILES string of the molecule is CCN(C(=O)c1cc(C)cc(C(=O)O)c1)C1CCCC1. The Morgan fingerprint density at radius 3 is 2.35 bits per heavy atom. The Morgan fingerprint density at radius 2 is 1.80 bits per heavy atom. The number of aryl methyl sites for hydroxylation is 1. The maximum Gasteiger partial charge on any atom is 0.335 e. The van der Waals surface area contributed by atoms with E-state index < -0.39 is 5.97 Å². The number of nitrogens with zero attached hydrogens (tertiary/aromatic N) is 1. The van der Waals surface area contributed by atoms with Gasteiger partial charge in [0.25, 0.3) is 5.91 Å². The normalized spacial score (nSPS) is 15.3. The third-order valence-corrected chi connectivity index (χ3v) is 3.94. The first-order chi connectivity index (χ1) is 9.52. The van der Waals surface area contributed by atoms with Crippen molar-refractivity contribution in [3.8, 4) is 0 Å². The minimum absolute atomic E-state index is 0.0504. The summed E-state index contributed by atoms with van der Waals surface area (Å²) in [5.41, 5.74) is 1.46. The van der Waals surface area contributed by atoms with Crippen molar-refractivity contribution >= 4 is 11.9 Å². The molecular formula is C16H21NO3. The molecule has 1 aliphatic carbocycles. The molecule has 1 saturated carbocycles. The van der Waals surface area contributed by atoms with Gasteiger partial charge in [0.05, 0.1) is 5.56 Å². The van der Waals surface area contributed by atoms with Gasteiger partial charge < -0.3 is 10.0 Å². The third kappa shape index (κ3) is 3.00. The first-order valence-corrected chi connectivity index (χ1v) is 7.19. The summed E-state index contributed by atoms with van der Waals surface area (Å²) in [5.74, 6) is -1.04. The summed E-state index contributed by atoms with van der Waals surface area (Å²) in [5, 5.41) is 9.10. The molecule has 1 N–H and O–H groups in total. The highest BCUT2D eigenvalue weighted by atomic mass is 16.4. The number of carbonyl (C=O) groups is 2. The molecular weight excluding hydrogens is 254 g/mol. The van der Waals surface area contributed by atoms with Gasteiger partial charge in [-0.3, -0.25) is 4.79 Å². The quantitative estimate of drug-likeness (QED) is 0.918. The molecule has 0 bridgehead atoms. The smallest absolute Gasteiger partial charge is 0.335 e. The zero-order chi connectivity index (χ0) is 14.7.